The Labute approximate surface area is 135 Å². The van der Waals surface area contributed by atoms with Crippen LogP contribution in [-0.2, 0) is 6.42 Å². The first-order valence-corrected chi connectivity index (χ1v) is 7.86. The van der Waals surface area contributed by atoms with E-state index in [0.29, 0.717) is 17.9 Å². The molecule has 0 aliphatic rings. The maximum Gasteiger partial charge on any atom is 0.277 e. The summed E-state index contributed by atoms with van der Waals surface area (Å²) < 4.78 is 32.8. The summed E-state index contributed by atoms with van der Waals surface area (Å²) in [5.41, 5.74) is 0.260. The van der Waals surface area contributed by atoms with Crippen LogP contribution in [0, 0.1) is 11.6 Å². The monoisotopic (exact) mass is 336 g/mol. The molecule has 1 atom stereocenters. The zero-order valence-electron chi connectivity index (χ0n) is 12.5. The van der Waals surface area contributed by atoms with E-state index in [4.69, 9.17) is 4.52 Å². The summed E-state index contributed by atoms with van der Waals surface area (Å²) in [6.07, 6.45) is 0.610. The van der Waals surface area contributed by atoms with E-state index < -0.39 is 11.6 Å². The summed E-state index contributed by atoms with van der Waals surface area (Å²) in [7, 11) is 1.85. The number of likely N-dealkylation sites (N-methyl/N-ethyl adjacent to an activating group) is 1. The Hall–Kier alpha value is -2.19. The van der Waals surface area contributed by atoms with Gasteiger partial charge in [0.1, 0.15) is 22.3 Å². The molecule has 0 aliphatic carbocycles. The van der Waals surface area contributed by atoms with Crippen LogP contribution in [0.1, 0.15) is 12.7 Å². The van der Waals surface area contributed by atoms with E-state index in [1.807, 2.05) is 14.0 Å². The number of hydrogen-bond acceptors (Lipinski definition) is 6. The van der Waals surface area contributed by atoms with Gasteiger partial charge in [-0.2, -0.15) is 4.98 Å². The second-order valence-corrected chi connectivity index (χ2v) is 5.90. The first-order chi connectivity index (χ1) is 11.1. The van der Waals surface area contributed by atoms with Crippen molar-refractivity contribution in [2.45, 2.75) is 19.4 Å². The molecule has 3 aromatic rings. The molecule has 0 saturated heterocycles. The quantitative estimate of drug-likeness (QED) is 0.774. The highest BCUT2D eigenvalue weighted by atomic mass is 32.1. The molecular formula is C15H14F2N4OS. The molecule has 0 saturated carbocycles. The van der Waals surface area contributed by atoms with Crippen LogP contribution in [0.4, 0.5) is 8.78 Å². The SMILES string of the molecule is CNC(C)Cc1noc(-c2csc(-c3c(F)cccc3F)n2)n1. The van der Waals surface area contributed by atoms with Crippen molar-refractivity contribution in [3.8, 4) is 22.2 Å². The Morgan fingerprint density at radius 3 is 2.70 bits per heavy atom. The number of aromatic nitrogens is 3. The molecule has 1 unspecified atom stereocenters. The molecule has 3 rings (SSSR count). The highest BCUT2D eigenvalue weighted by Gasteiger charge is 2.18. The van der Waals surface area contributed by atoms with E-state index in [1.165, 1.54) is 18.2 Å². The smallest absolute Gasteiger partial charge is 0.277 e. The van der Waals surface area contributed by atoms with Crippen molar-refractivity contribution >= 4 is 11.3 Å². The fourth-order valence-electron chi connectivity index (χ4n) is 2.01. The third-order valence-corrected chi connectivity index (χ3v) is 4.21. The van der Waals surface area contributed by atoms with Gasteiger partial charge in [0, 0.05) is 17.8 Å². The van der Waals surface area contributed by atoms with E-state index >= 15 is 0 Å². The van der Waals surface area contributed by atoms with Crippen LogP contribution in [0.5, 0.6) is 0 Å². The van der Waals surface area contributed by atoms with Crippen molar-refractivity contribution in [2.75, 3.05) is 7.05 Å². The van der Waals surface area contributed by atoms with Gasteiger partial charge in [-0.3, -0.25) is 0 Å². The van der Waals surface area contributed by atoms with Crippen molar-refractivity contribution in [1.82, 2.24) is 20.4 Å². The van der Waals surface area contributed by atoms with Gasteiger partial charge in [-0.1, -0.05) is 11.2 Å². The number of benzene rings is 1. The molecule has 0 spiro atoms. The molecule has 2 heterocycles. The molecule has 0 fully saturated rings. The van der Waals surface area contributed by atoms with Crippen LogP contribution in [0.25, 0.3) is 22.2 Å². The Morgan fingerprint density at radius 2 is 2.00 bits per heavy atom. The fourth-order valence-corrected chi connectivity index (χ4v) is 2.85. The number of nitrogens with zero attached hydrogens (tertiary/aromatic N) is 3. The van der Waals surface area contributed by atoms with Crippen LogP contribution in [0.2, 0.25) is 0 Å². The molecule has 1 N–H and O–H groups in total. The summed E-state index contributed by atoms with van der Waals surface area (Å²) in [4.78, 5) is 8.47. The maximum atomic E-state index is 13.8. The van der Waals surface area contributed by atoms with Gasteiger partial charge in [0.25, 0.3) is 5.89 Å². The molecule has 0 amide bonds. The molecule has 0 aliphatic heterocycles. The van der Waals surface area contributed by atoms with Gasteiger partial charge < -0.3 is 9.84 Å². The maximum absolute atomic E-state index is 13.8. The molecular weight excluding hydrogens is 322 g/mol. The molecule has 2 aromatic heterocycles. The van der Waals surface area contributed by atoms with E-state index in [0.717, 1.165) is 11.3 Å². The fraction of sp³-hybridized carbons (Fsp3) is 0.267. The highest BCUT2D eigenvalue weighted by molar-refractivity contribution is 7.13. The topological polar surface area (TPSA) is 63.8 Å². The van der Waals surface area contributed by atoms with Gasteiger partial charge >= 0.3 is 0 Å². The summed E-state index contributed by atoms with van der Waals surface area (Å²) >= 11 is 1.12. The van der Waals surface area contributed by atoms with Gasteiger partial charge in [0.2, 0.25) is 0 Å². The Kier molecular flexibility index (Phi) is 4.44. The number of rotatable bonds is 5. The lowest BCUT2D eigenvalue weighted by molar-refractivity contribution is 0.417. The van der Waals surface area contributed by atoms with Crippen LogP contribution >= 0.6 is 11.3 Å². The average Bonchev–Trinajstić information content (AvgIpc) is 3.16. The summed E-state index contributed by atoms with van der Waals surface area (Å²) in [5, 5.41) is 8.84. The van der Waals surface area contributed by atoms with E-state index in [2.05, 4.69) is 20.4 Å². The van der Waals surface area contributed by atoms with Crippen molar-refractivity contribution in [1.29, 1.82) is 0 Å². The molecule has 0 radical (unpaired) electrons. The van der Waals surface area contributed by atoms with Gasteiger partial charge in [-0.15, -0.1) is 11.3 Å². The average molecular weight is 336 g/mol. The second-order valence-electron chi connectivity index (χ2n) is 5.04. The van der Waals surface area contributed by atoms with Crippen molar-refractivity contribution in [3.05, 3.63) is 41.0 Å². The normalized spacial score (nSPS) is 12.5. The second kappa shape index (κ2) is 6.51. The minimum absolute atomic E-state index is 0.146. The largest absolute Gasteiger partial charge is 0.332 e. The Morgan fingerprint density at radius 1 is 1.26 bits per heavy atom. The lowest BCUT2D eigenvalue weighted by atomic mass is 10.2. The van der Waals surface area contributed by atoms with Crippen LogP contribution in [0.15, 0.2) is 28.1 Å². The van der Waals surface area contributed by atoms with Crippen molar-refractivity contribution in [3.63, 3.8) is 0 Å². The lowest BCUT2D eigenvalue weighted by Gasteiger charge is -2.04. The number of hydrogen-bond donors (Lipinski definition) is 1. The van der Waals surface area contributed by atoms with Gasteiger partial charge in [0.05, 0.1) is 5.56 Å². The van der Waals surface area contributed by atoms with Crippen molar-refractivity contribution < 1.29 is 13.3 Å². The third kappa shape index (κ3) is 3.27. The molecule has 5 nitrogen and oxygen atoms in total. The zero-order valence-corrected chi connectivity index (χ0v) is 13.3. The Balaban J connectivity index is 1.88. The van der Waals surface area contributed by atoms with Crippen molar-refractivity contribution in [2.24, 2.45) is 0 Å². The van der Waals surface area contributed by atoms with E-state index in [9.17, 15) is 8.78 Å². The first-order valence-electron chi connectivity index (χ1n) is 6.98. The standard InChI is InChI=1S/C15H14F2N4OS/c1-8(18-2)6-12-20-14(22-21-12)11-7-23-15(19-11)13-9(16)4-3-5-10(13)17/h3-5,7-8,18H,6H2,1-2H3. The number of halogens is 2. The van der Waals surface area contributed by atoms with E-state index in [1.54, 1.807) is 5.38 Å². The molecule has 0 bridgehead atoms. The van der Waals surface area contributed by atoms with Gasteiger partial charge in [-0.05, 0) is 26.1 Å². The number of nitrogens with one attached hydrogen (secondary N) is 1. The summed E-state index contributed by atoms with van der Waals surface area (Å²) in [5.74, 6) is -0.518. The molecule has 1 aromatic carbocycles. The zero-order chi connectivity index (χ0) is 16.4. The minimum atomic E-state index is -0.653. The predicted molar refractivity (Wildman–Crippen MR) is 83.0 cm³/mol. The number of thiazole rings is 1. The molecule has 120 valence electrons. The third-order valence-electron chi connectivity index (χ3n) is 3.35. The summed E-state index contributed by atoms with van der Waals surface area (Å²) in [6, 6.07) is 3.92. The van der Waals surface area contributed by atoms with E-state index in [-0.39, 0.29) is 22.5 Å². The minimum Gasteiger partial charge on any atom is -0.332 e. The molecule has 8 heteroatoms. The van der Waals surface area contributed by atoms with Crippen LogP contribution in [0.3, 0.4) is 0 Å². The van der Waals surface area contributed by atoms with Gasteiger partial charge in [-0.25, -0.2) is 13.8 Å². The predicted octanol–water partition coefficient (Wildman–Crippen LogP) is 3.29. The Bertz CT molecular complexity index is 797. The van der Waals surface area contributed by atoms with Crippen LogP contribution < -0.4 is 5.32 Å². The first kappa shape index (κ1) is 15.7. The van der Waals surface area contributed by atoms with Gasteiger partial charge in [0.15, 0.2) is 5.82 Å². The summed E-state index contributed by atoms with van der Waals surface area (Å²) in [6.45, 7) is 2.00. The van der Waals surface area contributed by atoms with Crippen LogP contribution in [-0.4, -0.2) is 28.2 Å². The highest BCUT2D eigenvalue weighted by Crippen LogP contribution is 2.31. The molecule has 23 heavy (non-hydrogen) atoms. The lowest BCUT2D eigenvalue weighted by Crippen LogP contribution is -2.24.